The van der Waals surface area contributed by atoms with E-state index in [-0.39, 0.29) is 18.9 Å². The lowest BCUT2D eigenvalue weighted by atomic mass is 10.1. The van der Waals surface area contributed by atoms with Crippen LogP contribution in [-0.4, -0.2) is 56.9 Å². The number of aliphatic carboxylic acids is 1. The molecule has 0 spiro atoms. The van der Waals surface area contributed by atoms with E-state index >= 15 is 0 Å². The molecule has 0 radical (unpaired) electrons. The molecule has 1 aliphatic carbocycles. The van der Waals surface area contributed by atoms with Crippen LogP contribution in [0.5, 0.6) is 0 Å². The molecule has 1 aliphatic heterocycles. The van der Waals surface area contributed by atoms with E-state index in [1.54, 1.807) is 0 Å². The minimum atomic E-state index is -4.17. The maximum Gasteiger partial charge on any atom is 0.408 e. The summed E-state index contributed by atoms with van der Waals surface area (Å²) in [5.74, 6) is -3.37. The van der Waals surface area contributed by atoms with Crippen LogP contribution in [0.2, 0.25) is 0 Å². The Labute approximate surface area is 216 Å². The van der Waals surface area contributed by atoms with Crippen LogP contribution in [0.1, 0.15) is 43.2 Å². The lowest BCUT2D eigenvalue weighted by Crippen LogP contribution is -2.46. The molecule has 9 nitrogen and oxygen atoms in total. The summed E-state index contributed by atoms with van der Waals surface area (Å²) in [5, 5.41) is 12.1. The molecular formula is C27H33N2O7P. The largest absolute Gasteiger partial charge is 0.480 e. The van der Waals surface area contributed by atoms with E-state index in [0.29, 0.717) is 38.6 Å². The van der Waals surface area contributed by atoms with Gasteiger partial charge in [-0.1, -0.05) is 67.1 Å². The second-order valence-corrected chi connectivity index (χ2v) is 12.3. The predicted octanol–water partition coefficient (Wildman–Crippen LogP) is 4.00. The summed E-state index contributed by atoms with van der Waals surface area (Å²) in [6, 6.07) is 17.3. The summed E-state index contributed by atoms with van der Waals surface area (Å²) < 4.78 is 19.4. The van der Waals surface area contributed by atoms with Crippen molar-refractivity contribution in [3.63, 3.8) is 0 Å². The van der Waals surface area contributed by atoms with Crippen molar-refractivity contribution in [1.29, 1.82) is 0 Å². The van der Waals surface area contributed by atoms with Gasteiger partial charge in [0.2, 0.25) is 13.3 Å². The molecular weight excluding hydrogens is 495 g/mol. The number of likely N-dealkylation sites (tertiary alicyclic amines) is 1. The van der Waals surface area contributed by atoms with Crippen LogP contribution in [0.3, 0.4) is 0 Å². The number of nitrogens with zero attached hydrogens (tertiary/aromatic N) is 1. The molecule has 0 bridgehead atoms. The first-order valence-electron chi connectivity index (χ1n) is 12.6. The summed E-state index contributed by atoms with van der Waals surface area (Å²) in [6.45, 7) is 0.336. The van der Waals surface area contributed by atoms with Gasteiger partial charge in [0, 0.05) is 18.6 Å². The van der Waals surface area contributed by atoms with Crippen molar-refractivity contribution >= 4 is 25.3 Å². The highest BCUT2D eigenvalue weighted by atomic mass is 31.2. The SMILES string of the molecule is O=C(N[C@@H](Cc1ccccc1)P(=O)(O)C1CCCC1C(=O)N1CCC[C@@H]1C(=O)O)OCc1ccccc1. The average molecular weight is 529 g/mol. The highest BCUT2D eigenvalue weighted by Gasteiger charge is 2.51. The Hall–Kier alpha value is -3.16. The van der Waals surface area contributed by atoms with Gasteiger partial charge >= 0.3 is 12.1 Å². The quantitative estimate of drug-likeness (QED) is 0.419. The summed E-state index contributed by atoms with van der Waals surface area (Å²) in [6.07, 6.45) is 1.57. The molecule has 1 saturated heterocycles. The normalized spacial score (nSPS) is 23.7. The Morgan fingerprint density at radius 2 is 1.62 bits per heavy atom. The molecule has 2 aromatic rings. The van der Waals surface area contributed by atoms with Gasteiger partial charge in [-0.25, -0.2) is 9.59 Å². The zero-order chi connectivity index (χ0) is 26.4. The molecule has 1 saturated carbocycles. The summed E-state index contributed by atoms with van der Waals surface area (Å²) in [5.41, 5.74) is 0.666. The Morgan fingerprint density at radius 1 is 0.973 bits per heavy atom. The number of ether oxygens (including phenoxy) is 1. The highest BCUT2D eigenvalue weighted by Crippen LogP contribution is 2.59. The van der Waals surface area contributed by atoms with E-state index < -0.39 is 42.8 Å². The van der Waals surface area contributed by atoms with Crippen molar-refractivity contribution < 1.29 is 33.7 Å². The number of nitrogens with one attached hydrogen (secondary N) is 1. The van der Waals surface area contributed by atoms with Gasteiger partial charge in [0.15, 0.2) is 0 Å². The van der Waals surface area contributed by atoms with Crippen molar-refractivity contribution in [3.05, 3.63) is 71.8 Å². The maximum atomic E-state index is 14.1. The van der Waals surface area contributed by atoms with Gasteiger partial charge in [0.25, 0.3) is 0 Å². The second kappa shape index (κ2) is 11.9. The number of carboxylic acids is 1. The van der Waals surface area contributed by atoms with Gasteiger partial charge in [0.1, 0.15) is 18.4 Å². The number of alkyl carbamates (subject to hydrolysis) is 1. The second-order valence-electron chi connectivity index (χ2n) is 9.72. The molecule has 198 valence electrons. The third-order valence-corrected chi connectivity index (χ3v) is 10.1. The maximum absolute atomic E-state index is 14.1. The van der Waals surface area contributed by atoms with Crippen LogP contribution in [-0.2, 0) is 31.9 Å². The fourth-order valence-corrected chi connectivity index (χ4v) is 7.99. The molecule has 37 heavy (non-hydrogen) atoms. The first kappa shape index (κ1) is 26.9. The van der Waals surface area contributed by atoms with Crippen LogP contribution in [0.15, 0.2) is 60.7 Å². The molecule has 2 aliphatic rings. The van der Waals surface area contributed by atoms with Gasteiger partial charge in [-0.15, -0.1) is 0 Å². The Balaban J connectivity index is 1.53. The zero-order valence-electron chi connectivity index (χ0n) is 20.6. The topological polar surface area (TPSA) is 133 Å². The van der Waals surface area contributed by atoms with E-state index in [1.165, 1.54) is 4.90 Å². The lowest BCUT2D eigenvalue weighted by Gasteiger charge is -2.33. The van der Waals surface area contributed by atoms with Crippen LogP contribution in [0.4, 0.5) is 4.79 Å². The Morgan fingerprint density at radius 3 is 2.27 bits per heavy atom. The molecule has 2 aromatic carbocycles. The first-order valence-corrected chi connectivity index (χ1v) is 14.4. The number of carbonyl (C=O) groups is 3. The van der Waals surface area contributed by atoms with Gasteiger partial charge < -0.3 is 25.0 Å². The van der Waals surface area contributed by atoms with Gasteiger partial charge in [-0.05, 0) is 36.8 Å². The molecule has 0 aromatic heterocycles. The van der Waals surface area contributed by atoms with E-state index in [0.717, 1.165) is 11.1 Å². The lowest BCUT2D eigenvalue weighted by molar-refractivity contribution is -0.149. The van der Waals surface area contributed by atoms with E-state index in [2.05, 4.69) is 5.32 Å². The summed E-state index contributed by atoms with van der Waals surface area (Å²) in [7, 11) is -4.17. The van der Waals surface area contributed by atoms with Crippen LogP contribution in [0, 0.1) is 5.92 Å². The Kier molecular flexibility index (Phi) is 8.67. The number of amides is 2. The number of rotatable bonds is 9. The molecule has 10 heteroatoms. The number of hydrogen-bond acceptors (Lipinski definition) is 5. The standard InChI is InChI=1S/C27H33N2O7P/c30-25(29-16-8-14-22(29)26(31)32)21-13-7-15-23(21)37(34,35)24(17-19-9-3-1-4-10-19)28-27(33)36-18-20-11-5-2-6-12-20/h1-6,9-12,21-24H,7-8,13-18H2,(H,28,33)(H,31,32)(H,34,35)/t21?,22-,23?,24-/m1/s1. The molecule has 4 rings (SSSR count). The van der Waals surface area contributed by atoms with Crippen molar-refractivity contribution in [3.8, 4) is 0 Å². The fraction of sp³-hybridized carbons (Fsp3) is 0.444. The molecule has 3 unspecified atom stereocenters. The van der Waals surface area contributed by atoms with Crippen molar-refractivity contribution in [2.45, 2.75) is 62.6 Å². The molecule has 1 heterocycles. The van der Waals surface area contributed by atoms with E-state index in [4.69, 9.17) is 4.74 Å². The number of carbonyl (C=O) groups excluding carboxylic acids is 2. The smallest absolute Gasteiger partial charge is 0.408 e. The van der Waals surface area contributed by atoms with Crippen LogP contribution < -0.4 is 5.32 Å². The van der Waals surface area contributed by atoms with E-state index in [1.807, 2.05) is 60.7 Å². The van der Waals surface area contributed by atoms with Crippen molar-refractivity contribution in [2.75, 3.05) is 6.54 Å². The van der Waals surface area contributed by atoms with Gasteiger partial charge in [-0.2, -0.15) is 0 Å². The minimum Gasteiger partial charge on any atom is -0.480 e. The number of benzene rings is 2. The van der Waals surface area contributed by atoms with Crippen molar-refractivity contribution in [2.24, 2.45) is 5.92 Å². The fourth-order valence-electron chi connectivity index (χ4n) is 5.42. The predicted molar refractivity (Wildman–Crippen MR) is 137 cm³/mol. The summed E-state index contributed by atoms with van der Waals surface area (Å²) in [4.78, 5) is 50.6. The molecule has 3 N–H and O–H groups in total. The van der Waals surface area contributed by atoms with Crippen LogP contribution in [0.25, 0.3) is 0 Å². The third kappa shape index (κ3) is 6.40. The third-order valence-electron chi connectivity index (χ3n) is 7.31. The number of carboxylic acid groups (broad SMARTS) is 1. The highest BCUT2D eigenvalue weighted by molar-refractivity contribution is 7.59. The molecule has 2 fully saturated rings. The molecule has 2 amide bonds. The Bertz CT molecular complexity index is 1140. The molecule has 5 atom stereocenters. The summed E-state index contributed by atoms with van der Waals surface area (Å²) >= 11 is 0. The number of hydrogen-bond donors (Lipinski definition) is 3. The zero-order valence-corrected chi connectivity index (χ0v) is 21.5. The van der Waals surface area contributed by atoms with Crippen molar-refractivity contribution in [1.82, 2.24) is 10.2 Å². The average Bonchev–Trinajstić information content (AvgIpc) is 3.59. The first-order chi connectivity index (χ1) is 17.8. The monoisotopic (exact) mass is 528 g/mol. The van der Waals surface area contributed by atoms with Gasteiger partial charge in [-0.3, -0.25) is 9.36 Å². The van der Waals surface area contributed by atoms with Gasteiger partial charge in [0.05, 0.1) is 5.92 Å². The minimum absolute atomic E-state index is 0.0105. The van der Waals surface area contributed by atoms with E-state index in [9.17, 15) is 28.9 Å². The van der Waals surface area contributed by atoms with Crippen LogP contribution >= 0.6 is 7.37 Å².